The summed E-state index contributed by atoms with van der Waals surface area (Å²) >= 11 is 1.55. The average Bonchev–Trinajstić information content (AvgIpc) is 3.35. The Labute approximate surface area is 175 Å². The zero-order valence-electron chi connectivity index (χ0n) is 16.2. The number of hydrogen-bond acceptors (Lipinski definition) is 4. The summed E-state index contributed by atoms with van der Waals surface area (Å²) in [5.41, 5.74) is 4.34. The highest BCUT2D eigenvalue weighted by Gasteiger charge is 2.35. The van der Waals surface area contributed by atoms with E-state index in [4.69, 9.17) is 5.26 Å². The van der Waals surface area contributed by atoms with E-state index in [2.05, 4.69) is 23.5 Å². The van der Waals surface area contributed by atoms with Crippen LogP contribution < -0.4 is 10.2 Å². The van der Waals surface area contributed by atoms with Crippen molar-refractivity contribution in [1.29, 1.82) is 5.26 Å². The van der Waals surface area contributed by atoms with Crippen molar-refractivity contribution in [2.45, 2.75) is 37.0 Å². The average molecular weight is 406 g/mol. The third-order valence-corrected chi connectivity index (χ3v) is 6.58. The van der Waals surface area contributed by atoms with E-state index in [0.29, 0.717) is 18.7 Å². The number of aryl methyl sites for hydroxylation is 2. The standard InChI is InChI=1S/C23H23N3O2S/c24-11-4-12-29-21-8-2-1-7-20(21)25-23(28)18-14-22(27)26(15-18)19-10-9-16-5-3-6-17(16)13-19/h1-2,7-10,13,18H,3-6,12,14-15H2,(H,25,28). The quantitative estimate of drug-likeness (QED) is 0.578. The lowest BCUT2D eigenvalue weighted by molar-refractivity contribution is -0.122. The van der Waals surface area contributed by atoms with Crippen LogP contribution in [-0.2, 0) is 22.4 Å². The Morgan fingerprint density at radius 1 is 1.21 bits per heavy atom. The molecule has 2 aromatic carbocycles. The highest BCUT2D eigenvalue weighted by Crippen LogP contribution is 2.32. The molecule has 29 heavy (non-hydrogen) atoms. The van der Waals surface area contributed by atoms with Crippen molar-refractivity contribution < 1.29 is 9.59 Å². The Kier molecular flexibility index (Phi) is 5.86. The molecule has 0 radical (unpaired) electrons. The molecule has 6 heteroatoms. The summed E-state index contributed by atoms with van der Waals surface area (Å²) in [6.45, 7) is 0.410. The lowest BCUT2D eigenvalue weighted by Crippen LogP contribution is -2.28. The van der Waals surface area contributed by atoms with Gasteiger partial charge in [0.05, 0.1) is 17.7 Å². The molecule has 0 spiro atoms. The Balaban J connectivity index is 1.43. The minimum absolute atomic E-state index is 0.000206. The summed E-state index contributed by atoms with van der Waals surface area (Å²) in [6.07, 6.45) is 4.03. The summed E-state index contributed by atoms with van der Waals surface area (Å²) in [7, 11) is 0. The van der Waals surface area contributed by atoms with E-state index in [0.717, 1.165) is 29.1 Å². The second kappa shape index (κ2) is 8.71. The monoisotopic (exact) mass is 405 g/mol. The molecule has 4 rings (SSSR count). The summed E-state index contributed by atoms with van der Waals surface area (Å²) < 4.78 is 0. The van der Waals surface area contributed by atoms with Gasteiger partial charge >= 0.3 is 0 Å². The molecule has 1 saturated heterocycles. The number of thioether (sulfide) groups is 1. The minimum atomic E-state index is -0.368. The molecule has 0 bridgehead atoms. The van der Waals surface area contributed by atoms with Gasteiger partial charge in [-0.3, -0.25) is 9.59 Å². The van der Waals surface area contributed by atoms with Gasteiger partial charge in [0.2, 0.25) is 11.8 Å². The predicted molar refractivity (Wildman–Crippen MR) is 115 cm³/mol. The number of hydrogen-bond donors (Lipinski definition) is 1. The normalized spacial score (nSPS) is 17.8. The first-order valence-corrected chi connectivity index (χ1v) is 11.0. The van der Waals surface area contributed by atoms with Crippen LogP contribution in [0.2, 0.25) is 0 Å². The maximum atomic E-state index is 12.9. The van der Waals surface area contributed by atoms with Crippen molar-refractivity contribution in [3.8, 4) is 6.07 Å². The first-order chi connectivity index (χ1) is 14.2. The van der Waals surface area contributed by atoms with E-state index in [-0.39, 0.29) is 24.2 Å². The predicted octanol–water partition coefficient (Wildman–Crippen LogP) is 4.17. The van der Waals surface area contributed by atoms with Crippen LogP contribution in [0, 0.1) is 17.2 Å². The molecule has 1 N–H and O–H groups in total. The topological polar surface area (TPSA) is 73.2 Å². The molecule has 2 amide bonds. The number of carbonyl (C=O) groups is 2. The van der Waals surface area contributed by atoms with E-state index in [1.807, 2.05) is 30.3 Å². The number of rotatable bonds is 6. The summed E-state index contributed by atoms with van der Waals surface area (Å²) in [5.74, 6) is 0.181. The van der Waals surface area contributed by atoms with E-state index < -0.39 is 0 Å². The molecule has 2 aliphatic rings. The lowest BCUT2D eigenvalue weighted by atomic mass is 10.1. The number of para-hydroxylation sites is 1. The van der Waals surface area contributed by atoms with Crippen LogP contribution in [0.3, 0.4) is 0 Å². The van der Waals surface area contributed by atoms with Crippen LogP contribution in [0.15, 0.2) is 47.4 Å². The highest BCUT2D eigenvalue weighted by molar-refractivity contribution is 7.99. The fourth-order valence-electron chi connectivity index (χ4n) is 4.00. The molecule has 1 aliphatic heterocycles. The van der Waals surface area contributed by atoms with Crippen molar-refractivity contribution in [1.82, 2.24) is 0 Å². The van der Waals surface area contributed by atoms with Gasteiger partial charge in [0.15, 0.2) is 0 Å². The third kappa shape index (κ3) is 4.30. The molecule has 1 heterocycles. The Hall–Kier alpha value is -2.78. The van der Waals surface area contributed by atoms with Crippen LogP contribution in [-0.4, -0.2) is 24.1 Å². The number of anilines is 2. The van der Waals surface area contributed by atoms with Crippen LogP contribution in [0.1, 0.15) is 30.4 Å². The maximum Gasteiger partial charge on any atom is 0.229 e. The van der Waals surface area contributed by atoms with Crippen molar-refractivity contribution in [3.63, 3.8) is 0 Å². The van der Waals surface area contributed by atoms with Gasteiger partial charge in [-0.1, -0.05) is 18.2 Å². The van der Waals surface area contributed by atoms with Gasteiger partial charge in [-0.2, -0.15) is 5.26 Å². The number of carbonyl (C=O) groups excluding carboxylic acids is 2. The van der Waals surface area contributed by atoms with Crippen molar-refractivity contribution in [2.75, 3.05) is 22.5 Å². The molecule has 2 aromatic rings. The van der Waals surface area contributed by atoms with E-state index in [9.17, 15) is 9.59 Å². The number of benzene rings is 2. The molecule has 5 nitrogen and oxygen atoms in total. The fraction of sp³-hybridized carbons (Fsp3) is 0.348. The van der Waals surface area contributed by atoms with Crippen LogP contribution in [0.4, 0.5) is 11.4 Å². The van der Waals surface area contributed by atoms with E-state index in [1.165, 1.54) is 17.5 Å². The first-order valence-electron chi connectivity index (χ1n) is 9.97. The van der Waals surface area contributed by atoms with Gasteiger partial charge in [0, 0.05) is 35.7 Å². The molecular formula is C23H23N3O2S. The molecular weight excluding hydrogens is 382 g/mol. The Morgan fingerprint density at radius 2 is 2.03 bits per heavy atom. The summed E-state index contributed by atoms with van der Waals surface area (Å²) in [6, 6.07) is 16.0. The lowest BCUT2D eigenvalue weighted by Gasteiger charge is -2.18. The molecule has 148 valence electrons. The number of fused-ring (bicyclic) bond motifs is 1. The van der Waals surface area contributed by atoms with Gasteiger partial charge in [0.25, 0.3) is 0 Å². The molecule has 1 aliphatic carbocycles. The zero-order valence-corrected chi connectivity index (χ0v) is 17.0. The first kappa shape index (κ1) is 19.5. The number of nitrogens with zero attached hydrogens (tertiary/aromatic N) is 2. The largest absolute Gasteiger partial charge is 0.325 e. The SMILES string of the molecule is N#CCCSc1ccccc1NC(=O)C1CC(=O)N(c2ccc3c(c2)CCC3)C1. The van der Waals surface area contributed by atoms with Gasteiger partial charge < -0.3 is 10.2 Å². The molecule has 0 aromatic heterocycles. The van der Waals surface area contributed by atoms with Gasteiger partial charge in [0.1, 0.15) is 0 Å². The second-order valence-electron chi connectivity index (χ2n) is 7.45. The molecule has 1 atom stereocenters. The summed E-state index contributed by atoms with van der Waals surface area (Å²) in [5, 5.41) is 11.7. The van der Waals surface area contributed by atoms with Gasteiger partial charge in [-0.05, 0) is 54.7 Å². The zero-order chi connectivity index (χ0) is 20.2. The second-order valence-corrected chi connectivity index (χ2v) is 8.59. The van der Waals surface area contributed by atoms with Crippen LogP contribution >= 0.6 is 11.8 Å². The minimum Gasteiger partial charge on any atom is -0.325 e. The molecule has 0 saturated carbocycles. The third-order valence-electron chi connectivity index (χ3n) is 5.51. The van der Waals surface area contributed by atoms with Crippen LogP contribution in [0.25, 0.3) is 0 Å². The van der Waals surface area contributed by atoms with E-state index in [1.54, 1.807) is 16.7 Å². The van der Waals surface area contributed by atoms with Crippen molar-refractivity contribution in [2.24, 2.45) is 5.92 Å². The number of nitriles is 1. The highest BCUT2D eigenvalue weighted by atomic mass is 32.2. The fourth-order valence-corrected chi connectivity index (χ4v) is 4.86. The maximum absolute atomic E-state index is 12.9. The van der Waals surface area contributed by atoms with Crippen molar-refractivity contribution in [3.05, 3.63) is 53.6 Å². The van der Waals surface area contributed by atoms with Gasteiger partial charge in [-0.25, -0.2) is 0 Å². The summed E-state index contributed by atoms with van der Waals surface area (Å²) in [4.78, 5) is 28.1. The van der Waals surface area contributed by atoms with Crippen LogP contribution in [0.5, 0.6) is 0 Å². The number of nitrogens with one attached hydrogen (secondary N) is 1. The number of amides is 2. The van der Waals surface area contributed by atoms with Crippen molar-refractivity contribution >= 4 is 35.0 Å². The van der Waals surface area contributed by atoms with Gasteiger partial charge in [-0.15, -0.1) is 11.8 Å². The molecule has 1 fully saturated rings. The Bertz CT molecular complexity index is 982. The van der Waals surface area contributed by atoms with E-state index >= 15 is 0 Å². The molecule has 1 unspecified atom stereocenters. The smallest absolute Gasteiger partial charge is 0.229 e. The Morgan fingerprint density at radius 3 is 2.90 bits per heavy atom.